The molecule has 0 unspecified atom stereocenters. The van der Waals surface area contributed by atoms with E-state index in [2.05, 4.69) is 27.3 Å². The van der Waals surface area contributed by atoms with E-state index in [0.717, 1.165) is 42.8 Å². The van der Waals surface area contributed by atoms with Gasteiger partial charge in [0.25, 0.3) is 5.91 Å². The predicted octanol–water partition coefficient (Wildman–Crippen LogP) is 3.42. The Bertz CT molecular complexity index is 807. The number of piperidine rings is 1. The van der Waals surface area contributed by atoms with Gasteiger partial charge in [-0.25, -0.2) is 0 Å². The van der Waals surface area contributed by atoms with E-state index in [-0.39, 0.29) is 11.8 Å². The molecule has 0 bridgehead atoms. The monoisotopic (exact) mass is 320 g/mol. The minimum atomic E-state index is 0.0745. The number of hydrogen-bond acceptors (Lipinski definition) is 2. The van der Waals surface area contributed by atoms with Crippen molar-refractivity contribution in [3.8, 4) is 11.1 Å². The van der Waals surface area contributed by atoms with E-state index in [1.807, 2.05) is 41.4 Å². The Hall–Kier alpha value is -2.82. The number of nitrogens with one attached hydrogen (secondary N) is 2. The number of likely N-dealkylation sites (tertiary alicyclic amines) is 1. The van der Waals surface area contributed by atoms with Gasteiger partial charge in [0.1, 0.15) is 5.69 Å². The number of nitrogens with zero attached hydrogens (tertiary/aromatic N) is 2. The fraction of sp³-hybridized carbons (Fsp3) is 0.263. The van der Waals surface area contributed by atoms with Crippen LogP contribution in [0.3, 0.4) is 0 Å². The zero-order valence-electron chi connectivity index (χ0n) is 13.4. The van der Waals surface area contributed by atoms with Gasteiger partial charge in [-0.2, -0.15) is 5.10 Å². The summed E-state index contributed by atoms with van der Waals surface area (Å²) < 4.78 is 0. The van der Waals surface area contributed by atoms with Crippen molar-refractivity contribution in [2.45, 2.75) is 18.8 Å². The Labute approximate surface area is 140 Å². The minimum Gasteiger partial charge on any atom is -0.357 e. The second-order valence-electron chi connectivity index (χ2n) is 6.24. The molecule has 0 aliphatic carbocycles. The van der Waals surface area contributed by atoms with Crippen molar-refractivity contribution in [1.82, 2.24) is 20.1 Å². The van der Waals surface area contributed by atoms with Crippen molar-refractivity contribution in [2.75, 3.05) is 13.1 Å². The molecule has 122 valence electrons. The Kier molecular flexibility index (Phi) is 3.91. The quantitative estimate of drug-likeness (QED) is 0.776. The molecule has 24 heavy (non-hydrogen) atoms. The van der Waals surface area contributed by atoms with Gasteiger partial charge in [0, 0.05) is 36.5 Å². The summed E-state index contributed by atoms with van der Waals surface area (Å²) in [5.74, 6) is 0.362. The Morgan fingerprint density at radius 1 is 1.17 bits per heavy atom. The molecule has 1 aromatic carbocycles. The first-order chi connectivity index (χ1) is 11.8. The summed E-state index contributed by atoms with van der Waals surface area (Å²) in [7, 11) is 0. The van der Waals surface area contributed by atoms with Gasteiger partial charge in [0.15, 0.2) is 0 Å². The third kappa shape index (κ3) is 2.73. The van der Waals surface area contributed by atoms with Crippen molar-refractivity contribution in [1.29, 1.82) is 0 Å². The van der Waals surface area contributed by atoms with Crippen molar-refractivity contribution in [2.24, 2.45) is 0 Å². The summed E-state index contributed by atoms with van der Waals surface area (Å²) in [5, 5.41) is 7.43. The smallest absolute Gasteiger partial charge is 0.270 e. The van der Waals surface area contributed by atoms with Gasteiger partial charge in [-0.3, -0.25) is 9.89 Å². The van der Waals surface area contributed by atoms with Gasteiger partial charge in [0.05, 0.1) is 6.20 Å². The first-order valence-corrected chi connectivity index (χ1v) is 8.34. The maximum Gasteiger partial charge on any atom is 0.270 e. The molecule has 0 radical (unpaired) electrons. The van der Waals surface area contributed by atoms with Crippen LogP contribution in [0.1, 0.15) is 34.9 Å². The van der Waals surface area contributed by atoms with E-state index < -0.39 is 0 Å². The molecule has 1 atom stereocenters. The molecule has 1 fully saturated rings. The first kappa shape index (κ1) is 14.8. The summed E-state index contributed by atoms with van der Waals surface area (Å²) in [6.45, 7) is 1.53. The van der Waals surface area contributed by atoms with Crippen LogP contribution in [-0.2, 0) is 0 Å². The molecule has 1 saturated heterocycles. The van der Waals surface area contributed by atoms with Crippen LogP contribution in [0.5, 0.6) is 0 Å². The maximum absolute atomic E-state index is 12.6. The van der Waals surface area contributed by atoms with Crippen molar-refractivity contribution >= 4 is 5.91 Å². The normalized spacial score (nSPS) is 17.8. The lowest BCUT2D eigenvalue weighted by Gasteiger charge is -2.32. The highest BCUT2D eigenvalue weighted by molar-refractivity contribution is 5.92. The minimum absolute atomic E-state index is 0.0745. The zero-order chi connectivity index (χ0) is 16.4. The van der Waals surface area contributed by atoms with E-state index in [0.29, 0.717) is 5.69 Å². The number of carbonyl (C=O) groups is 1. The zero-order valence-corrected chi connectivity index (χ0v) is 13.4. The van der Waals surface area contributed by atoms with Gasteiger partial charge < -0.3 is 9.88 Å². The number of carbonyl (C=O) groups excluding carboxylic acids is 1. The van der Waals surface area contributed by atoms with Crippen LogP contribution >= 0.6 is 0 Å². The van der Waals surface area contributed by atoms with Gasteiger partial charge >= 0.3 is 0 Å². The lowest BCUT2D eigenvalue weighted by atomic mass is 9.90. The standard InChI is InChI=1S/C19H20N4O/c24-19(17-9-4-10-20-17)23-11-5-8-15(13-23)18-16(12-21-22-18)14-6-2-1-3-7-14/h1-4,6-7,9-10,12,15,20H,5,8,11,13H2,(H,21,22)/t15-/m1/s1. The largest absolute Gasteiger partial charge is 0.357 e. The van der Waals surface area contributed by atoms with Gasteiger partial charge in [-0.1, -0.05) is 30.3 Å². The molecule has 1 aliphatic rings. The highest BCUT2D eigenvalue weighted by Gasteiger charge is 2.28. The molecule has 5 heteroatoms. The highest BCUT2D eigenvalue weighted by Crippen LogP contribution is 2.33. The predicted molar refractivity (Wildman–Crippen MR) is 92.7 cm³/mol. The number of amides is 1. The Morgan fingerprint density at radius 2 is 2.04 bits per heavy atom. The third-order valence-corrected chi connectivity index (χ3v) is 4.70. The SMILES string of the molecule is O=C(c1ccc[nH]1)N1CCC[C@@H](c2[nH]ncc2-c2ccccc2)C1. The molecule has 2 aromatic heterocycles. The molecule has 4 rings (SSSR count). The number of H-pyrrole nitrogens is 2. The van der Waals surface area contributed by atoms with Gasteiger partial charge in [-0.15, -0.1) is 0 Å². The second-order valence-corrected chi connectivity index (χ2v) is 6.24. The molecule has 2 N–H and O–H groups in total. The van der Waals surface area contributed by atoms with Gasteiger partial charge in [0.2, 0.25) is 0 Å². The lowest BCUT2D eigenvalue weighted by molar-refractivity contribution is 0.0700. The van der Waals surface area contributed by atoms with Crippen LogP contribution in [0.2, 0.25) is 0 Å². The average molecular weight is 320 g/mol. The summed E-state index contributed by atoms with van der Waals surface area (Å²) in [4.78, 5) is 17.5. The molecular formula is C19H20N4O. The fourth-order valence-corrected chi connectivity index (χ4v) is 3.49. The van der Waals surface area contributed by atoms with E-state index in [9.17, 15) is 4.79 Å². The third-order valence-electron chi connectivity index (χ3n) is 4.70. The summed E-state index contributed by atoms with van der Waals surface area (Å²) >= 11 is 0. The Balaban J connectivity index is 1.57. The van der Waals surface area contributed by atoms with Crippen LogP contribution in [0, 0.1) is 0 Å². The number of hydrogen-bond donors (Lipinski definition) is 2. The van der Waals surface area contributed by atoms with Crippen LogP contribution in [-0.4, -0.2) is 39.1 Å². The average Bonchev–Trinajstić information content (AvgIpc) is 3.34. The first-order valence-electron chi connectivity index (χ1n) is 8.34. The van der Waals surface area contributed by atoms with Crippen LogP contribution in [0.15, 0.2) is 54.9 Å². The molecular weight excluding hydrogens is 300 g/mol. The van der Waals surface area contributed by atoms with Crippen molar-refractivity contribution < 1.29 is 4.79 Å². The maximum atomic E-state index is 12.6. The van der Waals surface area contributed by atoms with Crippen LogP contribution in [0.4, 0.5) is 0 Å². The van der Waals surface area contributed by atoms with Crippen molar-refractivity contribution in [3.63, 3.8) is 0 Å². The lowest BCUT2D eigenvalue weighted by Crippen LogP contribution is -2.39. The van der Waals surface area contributed by atoms with E-state index >= 15 is 0 Å². The Morgan fingerprint density at radius 3 is 2.83 bits per heavy atom. The van der Waals surface area contributed by atoms with Gasteiger partial charge in [-0.05, 0) is 30.5 Å². The second kappa shape index (κ2) is 6.35. The highest BCUT2D eigenvalue weighted by atomic mass is 16.2. The van der Waals surface area contributed by atoms with E-state index in [4.69, 9.17) is 0 Å². The molecule has 0 spiro atoms. The van der Waals surface area contributed by atoms with Crippen LogP contribution in [0.25, 0.3) is 11.1 Å². The van der Waals surface area contributed by atoms with E-state index in [1.165, 1.54) is 0 Å². The summed E-state index contributed by atoms with van der Waals surface area (Å²) in [6, 6.07) is 14.0. The van der Waals surface area contributed by atoms with E-state index in [1.54, 1.807) is 6.20 Å². The molecule has 5 nitrogen and oxygen atoms in total. The fourth-order valence-electron chi connectivity index (χ4n) is 3.49. The topological polar surface area (TPSA) is 64.8 Å². The number of aromatic amines is 2. The van der Waals surface area contributed by atoms with Crippen molar-refractivity contribution in [3.05, 3.63) is 66.2 Å². The molecule has 3 aromatic rings. The molecule has 0 saturated carbocycles. The number of rotatable bonds is 3. The number of aromatic nitrogens is 3. The van der Waals surface area contributed by atoms with Crippen LogP contribution < -0.4 is 0 Å². The molecule has 1 aliphatic heterocycles. The number of benzene rings is 1. The molecule has 1 amide bonds. The molecule has 3 heterocycles. The summed E-state index contributed by atoms with van der Waals surface area (Å²) in [6.07, 6.45) is 5.74. The summed E-state index contributed by atoms with van der Waals surface area (Å²) in [5.41, 5.74) is 4.08.